The van der Waals surface area contributed by atoms with E-state index < -0.39 is 0 Å². The Hall–Kier alpha value is -2.92. The number of fused-ring (bicyclic) bond motifs is 1. The van der Waals surface area contributed by atoms with Crippen molar-refractivity contribution in [1.82, 2.24) is 9.80 Å². The van der Waals surface area contributed by atoms with Gasteiger partial charge in [-0.1, -0.05) is 30.3 Å². The Kier molecular flexibility index (Phi) is 6.49. The molecule has 0 saturated carbocycles. The topological polar surface area (TPSA) is 32.8 Å². The molecule has 0 fully saturated rings. The van der Waals surface area contributed by atoms with Crippen LogP contribution in [0.3, 0.4) is 0 Å². The lowest BCUT2D eigenvalue weighted by Gasteiger charge is -2.27. The molecule has 4 nitrogen and oxygen atoms in total. The number of halogens is 1. The summed E-state index contributed by atoms with van der Waals surface area (Å²) in [7, 11) is 5.38. The van der Waals surface area contributed by atoms with Crippen molar-refractivity contribution in [3.8, 4) is 5.75 Å². The number of amides is 1. The molecule has 0 N–H and O–H groups in total. The molecule has 0 saturated heterocycles. The average Bonchev–Trinajstić information content (AvgIpc) is 2.73. The van der Waals surface area contributed by atoms with Gasteiger partial charge in [0.2, 0.25) is 5.91 Å². The number of carbonyl (C=O) groups is 1. The number of ether oxygens (including phenoxy) is 1. The van der Waals surface area contributed by atoms with Crippen molar-refractivity contribution in [2.24, 2.45) is 0 Å². The van der Waals surface area contributed by atoms with Crippen LogP contribution in [0.4, 0.5) is 4.39 Å². The van der Waals surface area contributed by atoms with E-state index in [1.807, 2.05) is 56.3 Å². The van der Waals surface area contributed by atoms with E-state index in [-0.39, 0.29) is 17.8 Å². The summed E-state index contributed by atoms with van der Waals surface area (Å²) in [4.78, 5) is 16.4. The normalized spacial score (nSPS) is 12.2. The van der Waals surface area contributed by atoms with Gasteiger partial charge >= 0.3 is 0 Å². The van der Waals surface area contributed by atoms with Crippen LogP contribution in [0.2, 0.25) is 0 Å². The average molecular weight is 394 g/mol. The van der Waals surface area contributed by atoms with Gasteiger partial charge in [-0.05, 0) is 66.2 Å². The summed E-state index contributed by atoms with van der Waals surface area (Å²) in [6.07, 6.45) is 0. The van der Waals surface area contributed by atoms with E-state index in [0.29, 0.717) is 13.1 Å². The minimum atomic E-state index is -0.256. The molecule has 3 aromatic rings. The predicted molar refractivity (Wildman–Crippen MR) is 114 cm³/mol. The summed E-state index contributed by atoms with van der Waals surface area (Å²) >= 11 is 0. The molecule has 0 aromatic heterocycles. The fourth-order valence-corrected chi connectivity index (χ4v) is 3.33. The third-order valence-electron chi connectivity index (χ3n) is 5.36. The van der Waals surface area contributed by atoms with E-state index in [9.17, 15) is 9.18 Å². The number of nitrogens with zero attached hydrogens (tertiary/aromatic N) is 2. The summed E-state index contributed by atoms with van der Waals surface area (Å²) in [5, 5.41) is 2.22. The highest BCUT2D eigenvalue weighted by molar-refractivity contribution is 5.84. The number of methoxy groups -OCH3 is 1. The van der Waals surface area contributed by atoms with Crippen molar-refractivity contribution in [2.45, 2.75) is 19.5 Å². The largest absolute Gasteiger partial charge is 0.497 e. The molecule has 0 aliphatic carbocycles. The van der Waals surface area contributed by atoms with Gasteiger partial charge in [0.15, 0.2) is 0 Å². The van der Waals surface area contributed by atoms with Crippen LogP contribution in [0, 0.1) is 5.82 Å². The SMILES string of the molecule is COc1ccc2cc(CN(C)C(=O)CN(C)C(C)c3ccc(F)cc3)ccc2c1. The lowest BCUT2D eigenvalue weighted by atomic mass is 10.1. The van der Waals surface area contributed by atoms with Crippen molar-refractivity contribution in [1.29, 1.82) is 0 Å². The highest BCUT2D eigenvalue weighted by atomic mass is 19.1. The second-order valence-electron chi connectivity index (χ2n) is 7.44. The van der Waals surface area contributed by atoms with Crippen molar-refractivity contribution < 1.29 is 13.9 Å². The Morgan fingerprint density at radius 1 is 1.00 bits per heavy atom. The van der Waals surface area contributed by atoms with Gasteiger partial charge in [0.05, 0.1) is 13.7 Å². The number of hydrogen-bond donors (Lipinski definition) is 0. The summed E-state index contributed by atoms with van der Waals surface area (Å²) < 4.78 is 18.4. The number of carbonyl (C=O) groups excluding carboxylic acids is 1. The molecule has 0 aliphatic heterocycles. The molecule has 1 unspecified atom stereocenters. The van der Waals surface area contributed by atoms with Crippen LogP contribution in [-0.2, 0) is 11.3 Å². The van der Waals surface area contributed by atoms with Gasteiger partial charge in [-0.15, -0.1) is 0 Å². The Bertz CT molecular complexity index is 988. The number of rotatable bonds is 7. The van der Waals surface area contributed by atoms with Gasteiger partial charge in [0.25, 0.3) is 0 Å². The lowest BCUT2D eigenvalue weighted by molar-refractivity contribution is -0.131. The zero-order valence-corrected chi connectivity index (χ0v) is 17.4. The maximum atomic E-state index is 13.1. The molecule has 5 heteroatoms. The van der Waals surface area contributed by atoms with Gasteiger partial charge in [-0.2, -0.15) is 0 Å². The molecule has 0 bridgehead atoms. The third kappa shape index (κ3) is 5.12. The van der Waals surface area contributed by atoms with Gasteiger partial charge in [0, 0.05) is 19.6 Å². The first-order chi connectivity index (χ1) is 13.9. The lowest BCUT2D eigenvalue weighted by Crippen LogP contribution is -2.37. The first-order valence-corrected chi connectivity index (χ1v) is 9.63. The van der Waals surface area contributed by atoms with E-state index in [0.717, 1.165) is 27.6 Å². The second-order valence-corrected chi connectivity index (χ2v) is 7.44. The molecular weight excluding hydrogens is 367 g/mol. The van der Waals surface area contributed by atoms with Crippen molar-refractivity contribution in [3.05, 3.63) is 77.6 Å². The van der Waals surface area contributed by atoms with Crippen LogP contribution in [0.15, 0.2) is 60.7 Å². The minimum Gasteiger partial charge on any atom is -0.497 e. The Balaban J connectivity index is 1.62. The first-order valence-electron chi connectivity index (χ1n) is 9.63. The predicted octanol–water partition coefficient (Wildman–Crippen LogP) is 4.64. The fraction of sp³-hybridized carbons (Fsp3) is 0.292. The van der Waals surface area contributed by atoms with E-state index >= 15 is 0 Å². The molecule has 0 spiro atoms. The van der Waals surface area contributed by atoms with Crippen LogP contribution in [0.25, 0.3) is 10.8 Å². The van der Waals surface area contributed by atoms with Crippen LogP contribution < -0.4 is 4.74 Å². The second kappa shape index (κ2) is 9.05. The van der Waals surface area contributed by atoms with Gasteiger partial charge in [-0.3, -0.25) is 9.69 Å². The number of likely N-dealkylation sites (N-methyl/N-ethyl adjacent to an activating group) is 2. The van der Waals surface area contributed by atoms with Crippen LogP contribution in [-0.4, -0.2) is 43.5 Å². The smallest absolute Gasteiger partial charge is 0.236 e. The standard InChI is InChI=1S/C24H27FN2O2/c1-17(19-7-10-22(25)11-8-19)26(2)16-24(28)27(3)15-18-5-6-21-14-23(29-4)12-9-20(21)13-18/h5-14,17H,15-16H2,1-4H3. The first kappa shape index (κ1) is 20.8. The van der Waals surface area contributed by atoms with E-state index in [1.165, 1.54) is 12.1 Å². The van der Waals surface area contributed by atoms with E-state index in [1.54, 1.807) is 24.1 Å². The molecule has 29 heavy (non-hydrogen) atoms. The zero-order valence-electron chi connectivity index (χ0n) is 17.4. The minimum absolute atomic E-state index is 0.0172. The highest BCUT2D eigenvalue weighted by Crippen LogP contribution is 2.23. The third-order valence-corrected chi connectivity index (χ3v) is 5.36. The molecule has 0 radical (unpaired) electrons. The Labute approximate surface area is 171 Å². The maximum Gasteiger partial charge on any atom is 0.236 e. The van der Waals surface area contributed by atoms with E-state index in [2.05, 4.69) is 6.07 Å². The molecule has 152 valence electrons. The summed E-state index contributed by atoms with van der Waals surface area (Å²) in [6.45, 7) is 2.84. The Morgan fingerprint density at radius 2 is 1.66 bits per heavy atom. The van der Waals surface area contributed by atoms with Gasteiger partial charge in [0.1, 0.15) is 11.6 Å². The monoisotopic (exact) mass is 394 g/mol. The molecule has 0 heterocycles. The molecular formula is C24H27FN2O2. The van der Waals surface area contributed by atoms with E-state index in [4.69, 9.17) is 4.74 Å². The maximum absolute atomic E-state index is 13.1. The molecule has 3 rings (SSSR count). The van der Waals surface area contributed by atoms with Gasteiger partial charge in [-0.25, -0.2) is 4.39 Å². The highest BCUT2D eigenvalue weighted by Gasteiger charge is 2.17. The molecule has 3 aromatic carbocycles. The quantitative estimate of drug-likeness (QED) is 0.585. The summed E-state index contributed by atoms with van der Waals surface area (Å²) in [5.41, 5.74) is 2.06. The van der Waals surface area contributed by atoms with Crippen LogP contribution in [0.1, 0.15) is 24.1 Å². The van der Waals surface area contributed by atoms with Gasteiger partial charge < -0.3 is 9.64 Å². The summed E-state index contributed by atoms with van der Waals surface area (Å²) in [6, 6.07) is 18.6. The number of hydrogen-bond acceptors (Lipinski definition) is 3. The fourth-order valence-electron chi connectivity index (χ4n) is 3.33. The van der Waals surface area contributed by atoms with Crippen LogP contribution >= 0.6 is 0 Å². The number of benzene rings is 3. The zero-order chi connectivity index (χ0) is 21.0. The van der Waals surface area contributed by atoms with Crippen molar-refractivity contribution in [3.63, 3.8) is 0 Å². The van der Waals surface area contributed by atoms with Crippen molar-refractivity contribution >= 4 is 16.7 Å². The summed E-state index contributed by atoms with van der Waals surface area (Å²) in [5.74, 6) is 0.611. The molecule has 1 amide bonds. The molecule has 1 atom stereocenters. The van der Waals surface area contributed by atoms with Crippen molar-refractivity contribution in [2.75, 3.05) is 27.7 Å². The Morgan fingerprint density at radius 3 is 2.34 bits per heavy atom. The molecule has 0 aliphatic rings. The van der Waals surface area contributed by atoms with Crippen LogP contribution in [0.5, 0.6) is 5.75 Å².